The van der Waals surface area contributed by atoms with Gasteiger partial charge in [0.05, 0.1) is 16.9 Å². The van der Waals surface area contributed by atoms with Crippen molar-refractivity contribution in [1.82, 2.24) is 4.90 Å². The number of carbonyl (C=O) groups is 1. The molecule has 0 aromatic heterocycles. The number of hydrogen-bond donors (Lipinski definition) is 3. The Bertz CT molecular complexity index is 444. The lowest BCUT2D eigenvalue weighted by molar-refractivity contribution is 0.0697. The van der Waals surface area contributed by atoms with Gasteiger partial charge in [0.25, 0.3) is 0 Å². The van der Waals surface area contributed by atoms with E-state index in [1.54, 1.807) is 12.1 Å². The zero-order valence-electron chi connectivity index (χ0n) is 12.0. The van der Waals surface area contributed by atoms with Crippen molar-refractivity contribution in [3.05, 3.63) is 23.8 Å². The van der Waals surface area contributed by atoms with Crippen molar-refractivity contribution in [3.63, 3.8) is 0 Å². The smallest absolute Gasteiger partial charge is 0.335 e. The second-order valence-electron chi connectivity index (χ2n) is 5.36. The number of rotatable bonds is 6. The molecular formula is C14H23N3O2. The second kappa shape index (κ2) is 6.43. The van der Waals surface area contributed by atoms with Gasteiger partial charge >= 0.3 is 5.97 Å². The first-order chi connectivity index (χ1) is 8.81. The standard InChI is InChI=1S/C14H23N3O2/c1-9(2)13(8-17(3)4)16-12-6-5-10(14(18)19)7-11(12)15/h5-7,9,13,16H,8,15H2,1-4H3,(H,18,19). The Labute approximate surface area is 114 Å². The van der Waals surface area contributed by atoms with Gasteiger partial charge in [0.15, 0.2) is 0 Å². The number of aromatic carboxylic acids is 1. The molecule has 4 N–H and O–H groups in total. The first kappa shape index (κ1) is 15.3. The van der Waals surface area contributed by atoms with Gasteiger partial charge < -0.3 is 21.1 Å². The quantitative estimate of drug-likeness (QED) is 0.685. The van der Waals surface area contributed by atoms with Gasteiger partial charge in [-0.25, -0.2) is 4.79 Å². The number of nitrogens with two attached hydrogens (primary N) is 1. The van der Waals surface area contributed by atoms with E-state index < -0.39 is 5.97 Å². The number of carboxylic acids is 1. The molecule has 0 saturated carbocycles. The summed E-state index contributed by atoms with van der Waals surface area (Å²) in [7, 11) is 4.04. The van der Waals surface area contributed by atoms with Crippen molar-refractivity contribution in [3.8, 4) is 0 Å². The molecule has 0 heterocycles. The highest BCUT2D eigenvalue weighted by Gasteiger charge is 2.16. The summed E-state index contributed by atoms with van der Waals surface area (Å²) >= 11 is 0. The molecule has 0 spiro atoms. The molecule has 0 saturated heterocycles. The highest BCUT2D eigenvalue weighted by molar-refractivity contribution is 5.90. The van der Waals surface area contributed by atoms with Crippen molar-refractivity contribution in [2.75, 3.05) is 31.7 Å². The van der Waals surface area contributed by atoms with Crippen LogP contribution >= 0.6 is 0 Å². The largest absolute Gasteiger partial charge is 0.478 e. The molecule has 0 aliphatic carbocycles. The maximum atomic E-state index is 10.9. The third-order valence-corrected chi connectivity index (χ3v) is 3.01. The first-order valence-electron chi connectivity index (χ1n) is 6.35. The number of nitrogens with one attached hydrogen (secondary N) is 1. The Morgan fingerprint density at radius 1 is 1.42 bits per heavy atom. The Kier molecular flexibility index (Phi) is 5.18. The molecular weight excluding hydrogens is 242 g/mol. The summed E-state index contributed by atoms with van der Waals surface area (Å²) in [5.74, 6) is -0.520. The van der Waals surface area contributed by atoms with Crippen LogP contribution < -0.4 is 11.1 Å². The summed E-state index contributed by atoms with van der Waals surface area (Å²) in [4.78, 5) is 13.0. The Balaban J connectivity index is 2.88. The number of nitrogens with zero attached hydrogens (tertiary/aromatic N) is 1. The minimum absolute atomic E-state index is 0.205. The predicted molar refractivity (Wildman–Crippen MR) is 78.6 cm³/mol. The van der Waals surface area contributed by atoms with E-state index in [1.807, 2.05) is 14.1 Å². The van der Waals surface area contributed by atoms with Gasteiger partial charge in [-0.05, 0) is 38.2 Å². The van der Waals surface area contributed by atoms with Crippen molar-refractivity contribution in [1.29, 1.82) is 0 Å². The summed E-state index contributed by atoms with van der Waals surface area (Å²) in [6.45, 7) is 5.17. The van der Waals surface area contributed by atoms with Gasteiger partial charge in [-0.2, -0.15) is 0 Å². The Morgan fingerprint density at radius 2 is 2.05 bits per heavy atom. The number of hydrogen-bond acceptors (Lipinski definition) is 4. The molecule has 0 aliphatic heterocycles. The second-order valence-corrected chi connectivity index (χ2v) is 5.36. The molecule has 0 bridgehead atoms. The number of nitrogen functional groups attached to an aromatic ring is 1. The average molecular weight is 265 g/mol. The van der Waals surface area contributed by atoms with Crippen LogP contribution in [0.1, 0.15) is 24.2 Å². The van der Waals surface area contributed by atoms with Gasteiger partial charge in [0.2, 0.25) is 0 Å². The van der Waals surface area contributed by atoms with E-state index in [2.05, 4.69) is 24.1 Å². The average Bonchev–Trinajstić information content (AvgIpc) is 2.29. The van der Waals surface area contributed by atoms with Crippen LogP contribution in [0, 0.1) is 5.92 Å². The lowest BCUT2D eigenvalue weighted by Gasteiger charge is -2.27. The fourth-order valence-corrected chi connectivity index (χ4v) is 1.84. The zero-order valence-corrected chi connectivity index (χ0v) is 12.0. The molecule has 5 heteroatoms. The van der Waals surface area contributed by atoms with E-state index in [0.29, 0.717) is 11.6 Å². The lowest BCUT2D eigenvalue weighted by atomic mass is 10.0. The van der Waals surface area contributed by atoms with E-state index in [1.165, 1.54) is 6.07 Å². The Hall–Kier alpha value is -1.75. The topological polar surface area (TPSA) is 78.6 Å². The van der Waals surface area contributed by atoms with E-state index in [4.69, 9.17) is 10.8 Å². The molecule has 1 rings (SSSR count). The molecule has 0 amide bonds. The van der Waals surface area contributed by atoms with Gasteiger partial charge in [0.1, 0.15) is 0 Å². The van der Waals surface area contributed by atoms with Crippen molar-refractivity contribution in [2.45, 2.75) is 19.9 Å². The van der Waals surface area contributed by atoms with Crippen LogP contribution in [0.3, 0.4) is 0 Å². The third-order valence-electron chi connectivity index (χ3n) is 3.01. The number of anilines is 2. The van der Waals surface area contributed by atoms with Crippen LogP contribution in [-0.4, -0.2) is 42.7 Å². The third kappa shape index (κ3) is 4.44. The number of carboxylic acid groups (broad SMARTS) is 1. The van der Waals surface area contributed by atoms with Crippen LogP contribution in [0.25, 0.3) is 0 Å². The van der Waals surface area contributed by atoms with Crippen molar-refractivity contribution >= 4 is 17.3 Å². The molecule has 0 radical (unpaired) electrons. The number of benzene rings is 1. The van der Waals surface area contributed by atoms with Crippen LogP contribution in [0.2, 0.25) is 0 Å². The van der Waals surface area contributed by atoms with Crippen LogP contribution in [-0.2, 0) is 0 Å². The molecule has 1 aromatic carbocycles. The van der Waals surface area contributed by atoms with Gasteiger partial charge in [0, 0.05) is 12.6 Å². The van der Waals surface area contributed by atoms with Crippen LogP contribution in [0.4, 0.5) is 11.4 Å². The molecule has 1 aromatic rings. The van der Waals surface area contributed by atoms with E-state index in [9.17, 15) is 4.79 Å². The maximum absolute atomic E-state index is 10.9. The molecule has 0 aliphatic rings. The number of likely N-dealkylation sites (N-methyl/N-ethyl adjacent to an activating group) is 1. The van der Waals surface area contributed by atoms with Crippen LogP contribution in [0.5, 0.6) is 0 Å². The summed E-state index contributed by atoms with van der Waals surface area (Å²) in [6, 6.07) is 5.03. The minimum Gasteiger partial charge on any atom is -0.478 e. The van der Waals surface area contributed by atoms with E-state index in [-0.39, 0.29) is 11.6 Å². The van der Waals surface area contributed by atoms with Gasteiger partial charge in [-0.3, -0.25) is 0 Å². The summed E-state index contributed by atoms with van der Waals surface area (Å²) in [6.07, 6.45) is 0. The maximum Gasteiger partial charge on any atom is 0.335 e. The highest BCUT2D eigenvalue weighted by Crippen LogP contribution is 2.22. The molecule has 5 nitrogen and oxygen atoms in total. The Morgan fingerprint density at radius 3 is 2.47 bits per heavy atom. The van der Waals surface area contributed by atoms with Crippen molar-refractivity contribution < 1.29 is 9.90 Å². The lowest BCUT2D eigenvalue weighted by Crippen LogP contribution is -2.36. The first-order valence-corrected chi connectivity index (χ1v) is 6.35. The SMILES string of the molecule is CC(C)C(CN(C)C)Nc1ccc(C(=O)O)cc1N. The summed E-state index contributed by atoms with van der Waals surface area (Å²) < 4.78 is 0. The monoisotopic (exact) mass is 265 g/mol. The molecule has 106 valence electrons. The molecule has 1 atom stereocenters. The van der Waals surface area contributed by atoms with E-state index in [0.717, 1.165) is 12.2 Å². The van der Waals surface area contributed by atoms with Gasteiger partial charge in [-0.15, -0.1) is 0 Å². The molecule has 1 unspecified atom stereocenters. The van der Waals surface area contributed by atoms with Crippen LogP contribution in [0.15, 0.2) is 18.2 Å². The normalized spacial score (nSPS) is 12.7. The summed E-state index contributed by atoms with van der Waals surface area (Å²) in [5.41, 5.74) is 7.35. The van der Waals surface area contributed by atoms with Crippen molar-refractivity contribution in [2.24, 2.45) is 5.92 Å². The molecule has 0 fully saturated rings. The summed E-state index contributed by atoms with van der Waals surface area (Å²) in [5, 5.41) is 12.3. The fraction of sp³-hybridized carbons (Fsp3) is 0.500. The highest BCUT2D eigenvalue weighted by atomic mass is 16.4. The minimum atomic E-state index is -0.966. The van der Waals surface area contributed by atoms with Gasteiger partial charge in [-0.1, -0.05) is 13.8 Å². The fourth-order valence-electron chi connectivity index (χ4n) is 1.84. The predicted octanol–water partition coefficient (Wildman–Crippen LogP) is 1.97. The molecule has 19 heavy (non-hydrogen) atoms. The zero-order chi connectivity index (χ0) is 14.6. The van der Waals surface area contributed by atoms with E-state index >= 15 is 0 Å².